The Balaban J connectivity index is 2.21. The first-order chi connectivity index (χ1) is 8.13. The Bertz CT molecular complexity index is 269. The van der Waals surface area contributed by atoms with Crippen LogP contribution in [0.2, 0.25) is 0 Å². The summed E-state index contributed by atoms with van der Waals surface area (Å²) < 4.78 is 4.71. The third kappa shape index (κ3) is 5.27. The summed E-state index contributed by atoms with van der Waals surface area (Å²) in [5.74, 6) is 0.978. The van der Waals surface area contributed by atoms with Crippen LogP contribution in [0.5, 0.6) is 0 Å². The SMILES string of the molecule is COC(CNC(=O)NC1CCCSC1)C(=O)O. The molecular weight excluding hydrogens is 244 g/mol. The molecule has 3 N–H and O–H groups in total. The monoisotopic (exact) mass is 262 g/mol. The number of methoxy groups -OCH3 is 1. The van der Waals surface area contributed by atoms with Gasteiger partial charge in [-0.1, -0.05) is 0 Å². The van der Waals surface area contributed by atoms with Gasteiger partial charge in [-0.25, -0.2) is 9.59 Å². The number of ether oxygens (including phenoxy) is 1. The highest BCUT2D eigenvalue weighted by molar-refractivity contribution is 7.99. The van der Waals surface area contributed by atoms with Crippen molar-refractivity contribution >= 4 is 23.8 Å². The molecule has 0 aliphatic carbocycles. The first kappa shape index (κ1) is 14.1. The lowest BCUT2D eigenvalue weighted by molar-refractivity contribution is -0.147. The molecule has 0 aromatic rings. The molecule has 0 saturated carbocycles. The smallest absolute Gasteiger partial charge is 0.334 e. The highest BCUT2D eigenvalue weighted by atomic mass is 32.2. The van der Waals surface area contributed by atoms with E-state index in [-0.39, 0.29) is 18.6 Å². The minimum absolute atomic E-state index is 0.0302. The van der Waals surface area contributed by atoms with Crippen molar-refractivity contribution in [3.8, 4) is 0 Å². The Kier molecular flexibility index (Phi) is 6.13. The zero-order valence-electron chi connectivity index (χ0n) is 9.77. The van der Waals surface area contributed by atoms with Crippen LogP contribution in [-0.4, -0.2) is 54.4 Å². The normalized spacial score (nSPS) is 21.6. The van der Waals surface area contributed by atoms with Crippen molar-refractivity contribution < 1.29 is 19.4 Å². The second kappa shape index (κ2) is 7.39. The summed E-state index contributed by atoms with van der Waals surface area (Å²) >= 11 is 1.82. The van der Waals surface area contributed by atoms with Gasteiger partial charge in [-0.2, -0.15) is 11.8 Å². The van der Waals surface area contributed by atoms with Gasteiger partial charge in [-0.15, -0.1) is 0 Å². The average Bonchev–Trinajstić information content (AvgIpc) is 2.30. The van der Waals surface area contributed by atoms with Gasteiger partial charge in [0.25, 0.3) is 0 Å². The summed E-state index contributed by atoms with van der Waals surface area (Å²) in [5, 5.41) is 14.0. The fourth-order valence-electron chi connectivity index (χ4n) is 1.55. The van der Waals surface area contributed by atoms with Crippen molar-refractivity contribution in [2.75, 3.05) is 25.2 Å². The molecule has 1 aliphatic rings. The van der Waals surface area contributed by atoms with Gasteiger partial charge in [0.1, 0.15) is 0 Å². The van der Waals surface area contributed by atoms with Crippen molar-refractivity contribution in [3.05, 3.63) is 0 Å². The lowest BCUT2D eigenvalue weighted by atomic mass is 10.2. The molecule has 17 heavy (non-hydrogen) atoms. The van der Waals surface area contributed by atoms with E-state index in [2.05, 4.69) is 10.6 Å². The maximum atomic E-state index is 11.5. The Morgan fingerprint density at radius 1 is 1.59 bits per heavy atom. The van der Waals surface area contributed by atoms with Gasteiger partial charge in [0, 0.05) is 18.9 Å². The standard InChI is InChI=1S/C10H18N2O4S/c1-16-8(9(13)14)5-11-10(15)12-7-3-2-4-17-6-7/h7-8H,2-6H2,1H3,(H,13,14)(H2,11,12,15). The summed E-state index contributed by atoms with van der Waals surface area (Å²) in [4.78, 5) is 22.1. The molecule has 0 aromatic carbocycles. The van der Waals surface area contributed by atoms with Crippen LogP contribution in [0.3, 0.4) is 0 Å². The zero-order chi connectivity index (χ0) is 12.7. The molecular formula is C10H18N2O4S. The molecule has 2 amide bonds. The molecule has 0 radical (unpaired) electrons. The first-order valence-corrected chi connectivity index (χ1v) is 6.66. The summed E-state index contributed by atoms with van der Waals surface area (Å²) in [6, 6.07) is -0.152. The van der Waals surface area contributed by atoms with E-state index in [1.165, 1.54) is 7.11 Å². The van der Waals surface area contributed by atoms with E-state index in [4.69, 9.17) is 9.84 Å². The maximum Gasteiger partial charge on any atom is 0.334 e. The minimum Gasteiger partial charge on any atom is -0.479 e. The van der Waals surface area contributed by atoms with Crippen LogP contribution in [0.1, 0.15) is 12.8 Å². The van der Waals surface area contributed by atoms with Gasteiger partial charge < -0.3 is 20.5 Å². The van der Waals surface area contributed by atoms with E-state index in [0.717, 1.165) is 24.3 Å². The van der Waals surface area contributed by atoms with E-state index in [9.17, 15) is 9.59 Å². The Morgan fingerprint density at radius 2 is 2.35 bits per heavy atom. The highest BCUT2D eigenvalue weighted by Crippen LogP contribution is 2.16. The predicted molar refractivity (Wildman–Crippen MR) is 65.3 cm³/mol. The number of hydrogen-bond acceptors (Lipinski definition) is 4. The van der Waals surface area contributed by atoms with E-state index in [1.807, 2.05) is 11.8 Å². The second-order valence-corrected chi connectivity index (χ2v) is 4.98. The van der Waals surface area contributed by atoms with Crippen LogP contribution in [0.4, 0.5) is 4.79 Å². The maximum absolute atomic E-state index is 11.5. The fraction of sp³-hybridized carbons (Fsp3) is 0.800. The predicted octanol–water partition coefficient (Wildman–Crippen LogP) is 0.281. The van der Waals surface area contributed by atoms with E-state index >= 15 is 0 Å². The van der Waals surface area contributed by atoms with Gasteiger partial charge in [0.2, 0.25) is 0 Å². The molecule has 98 valence electrons. The van der Waals surface area contributed by atoms with Gasteiger partial charge in [-0.3, -0.25) is 0 Å². The zero-order valence-corrected chi connectivity index (χ0v) is 10.6. The number of thioether (sulfide) groups is 1. The first-order valence-electron chi connectivity index (χ1n) is 5.51. The van der Waals surface area contributed by atoms with E-state index < -0.39 is 12.1 Å². The average molecular weight is 262 g/mol. The topological polar surface area (TPSA) is 87.7 Å². The second-order valence-electron chi connectivity index (χ2n) is 3.83. The fourth-order valence-corrected chi connectivity index (χ4v) is 2.62. The molecule has 6 nitrogen and oxygen atoms in total. The number of carbonyl (C=O) groups is 2. The summed E-state index contributed by atoms with van der Waals surface area (Å²) in [7, 11) is 1.30. The van der Waals surface area contributed by atoms with Crippen LogP contribution in [0.25, 0.3) is 0 Å². The van der Waals surface area contributed by atoms with Gasteiger partial charge in [0.15, 0.2) is 6.10 Å². The van der Waals surface area contributed by atoms with E-state index in [1.54, 1.807) is 0 Å². The quantitative estimate of drug-likeness (QED) is 0.662. The number of rotatable bonds is 5. The molecule has 7 heteroatoms. The summed E-state index contributed by atoms with van der Waals surface area (Å²) in [6.07, 6.45) is 1.08. The highest BCUT2D eigenvalue weighted by Gasteiger charge is 2.19. The number of hydrogen-bond donors (Lipinski definition) is 3. The number of urea groups is 1. The molecule has 1 fully saturated rings. The summed E-state index contributed by atoms with van der Waals surface area (Å²) in [6.45, 7) is -0.0302. The van der Waals surface area contributed by atoms with Crippen molar-refractivity contribution in [3.63, 3.8) is 0 Å². The largest absolute Gasteiger partial charge is 0.479 e. The molecule has 0 spiro atoms. The number of amides is 2. The van der Waals surface area contributed by atoms with Crippen molar-refractivity contribution in [1.29, 1.82) is 0 Å². The summed E-state index contributed by atoms with van der Waals surface area (Å²) in [5.41, 5.74) is 0. The molecule has 0 bridgehead atoms. The number of carboxylic acid groups (broad SMARTS) is 1. The van der Waals surface area contributed by atoms with Crippen LogP contribution < -0.4 is 10.6 Å². The van der Waals surface area contributed by atoms with Crippen molar-refractivity contribution in [1.82, 2.24) is 10.6 Å². The lowest BCUT2D eigenvalue weighted by Gasteiger charge is -2.23. The van der Waals surface area contributed by atoms with Gasteiger partial charge >= 0.3 is 12.0 Å². The molecule has 1 aliphatic heterocycles. The number of aliphatic carboxylic acids is 1. The Labute approximate surface area is 104 Å². The van der Waals surface area contributed by atoms with E-state index in [0.29, 0.717) is 0 Å². The number of nitrogens with one attached hydrogen (secondary N) is 2. The molecule has 1 rings (SSSR count). The van der Waals surface area contributed by atoms with Crippen LogP contribution in [0, 0.1) is 0 Å². The minimum atomic E-state index is -1.08. The molecule has 2 atom stereocenters. The number of carbonyl (C=O) groups excluding carboxylic acids is 1. The van der Waals surface area contributed by atoms with Gasteiger partial charge in [-0.05, 0) is 18.6 Å². The molecule has 2 unspecified atom stereocenters. The van der Waals surface area contributed by atoms with Crippen molar-refractivity contribution in [2.24, 2.45) is 0 Å². The van der Waals surface area contributed by atoms with Crippen LogP contribution in [-0.2, 0) is 9.53 Å². The van der Waals surface area contributed by atoms with Crippen molar-refractivity contribution in [2.45, 2.75) is 25.0 Å². The van der Waals surface area contributed by atoms with Crippen LogP contribution >= 0.6 is 11.8 Å². The lowest BCUT2D eigenvalue weighted by Crippen LogP contribution is -2.47. The third-order valence-corrected chi connectivity index (χ3v) is 3.72. The van der Waals surface area contributed by atoms with Crippen LogP contribution in [0.15, 0.2) is 0 Å². The number of carboxylic acids is 1. The van der Waals surface area contributed by atoms with Gasteiger partial charge in [0.05, 0.1) is 6.54 Å². The molecule has 1 saturated heterocycles. The molecule has 0 aromatic heterocycles. The Morgan fingerprint density at radius 3 is 2.88 bits per heavy atom. The Hall–Kier alpha value is -0.950. The third-order valence-electron chi connectivity index (χ3n) is 2.50. The molecule has 1 heterocycles.